The lowest BCUT2D eigenvalue weighted by atomic mass is 9.75. The molecule has 0 spiro atoms. The molecule has 0 aliphatic rings. The number of benzene rings is 2. The van der Waals surface area contributed by atoms with Crippen molar-refractivity contribution in [3.63, 3.8) is 0 Å². The molecule has 244 valence electrons. The van der Waals surface area contributed by atoms with Gasteiger partial charge in [0.2, 0.25) is 0 Å². The van der Waals surface area contributed by atoms with E-state index in [9.17, 15) is 5.11 Å². The van der Waals surface area contributed by atoms with Gasteiger partial charge >= 0.3 is 0 Å². The van der Waals surface area contributed by atoms with Gasteiger partial charge in [0, 0.05) is 17.2 Å². The maximum atomic E-state index is 12.9. The van der Waals surface area contributed by atoms with E-state index in [1.807, 2.05) is 19.1 Å². The van der Waals surface area contributed by atoms with Gasteiger partial charge in [0.15, 0.2) is 0 Å². The molecule has 0 fully saturated rings. The fraction of sp³-hybridized carbons (Fsp3) is 0.692. The number of hydrogen-bond acceptors (Lipinski definition) is 4. The number of ether oxygens (including phenoxy) is 2. The lowest BCUT2D eigenvalue weighted by Crippen LogP contribution is -2.45. The lowest BCUT2D eigenvalue weighted by molar-refractivity contribution is 0.0509. The molecule has 4 heteroatoms. The zero-order chi connectivity index (χ0) is 32.1. The van der Waals surface area contributed by atoms with Gasteiger partial charge in [-0.3, -0.25) is 0 Å². The van der Waals surface area contributed by atoms with Crippen LogP contribution < -0.4 is 15.2 Å². The van der Waals surface area contributed by atoms with Crippen molar-refractivity contribution in [3.05, 3.63) is 58.7 Å². The molecule has 2 aromatic carbocycles. The van der Waals surface area contributed by atoms with Crippen molar-refractivity contribution in [2.45, 2.75) is 162 Å². The Labute approximate surface area is 265 Å². The third-order valence-corrected chi connectivity index (χ3v) is 8.68. The molecule has 0 saturated carbocycles. The van der Waals surface area contributed by atoms with Crippen LogP contribution in [0.15, 0.2) is 36.4 Å². The third-order valence-electron chi connectivity index (χ3n) is 8.68. The summed E-state index contributed by atoms with van der Waals surface area (Å²) in [6.07, 6.45) is 14.4. The Morgan fingerprint density at radius 2 is 0.953 bits per heavy atom. The molecule has 1 atom stereocenters. The van der Waals surface area contributed by atoms with Crippen LogP contribution in [0.2, 0.25) is 0 Å². The SMILES string of the molecule is CCCCCCCCOc1ccc(C(C)(C)C)cc1C(O)(c1cc(C(C)(C)C)ccc1OCCCCCCCC)[C@H](C)N. The predicted molar refractivity (Wildman–Crippen MR) is 185 cm³/mol. The molecule has 0 aliphatic carbocycles. The topological polar surface area (TPSA) is 64.7 Å². The van der Waals surface area contributed by atoms with Gasteiger partial charge in [-0.15, -0.1) is 0 Å². The summed E-state index contributed by atoms with van der Waals surface area (Å²) in [5.41, 5.74) is 8.77. The van der Waals surface area contributed by atoms with E-state index in [1.165, 1.54) is 51.4 Å². The third kappa shape index (κ3) is 11.1. The van der Waals surface area contributed by atoms with Crippen molar-refractivity contribution in [2.24, 2.45) is 5.73 Å². The Hall–Kier alpha value is -2.04. The van der Waals surface area contributed by atoms with E-state index in [1.54, 1.807) is 0 Å². The van der Waals surface area contributed by atoms with Crippen molar-refractivity contribution < 1.29 is 14.6 Å². The van der Waals surface area contributed by atoms with Gasteiger partial charge in [-0.1, -0.05) is 132 Å². The van der Waals surface area contributed by atoms with Gasteiger partial charge < -0.3 is 20.3 Å². The molecule has 0 aromatic heterocycles. The van der Waals surface area contributed by atoms with E-state index in [0.717, 1.165) is 47.9 Å². The number of hydrogen-bond donors (Lipinski definition) is 2. The summed E-state index contributed by atoms with van der Waals surface area (Å²) in [4.78, 5) is 0. The lowest BCUT2D eigenvalue weighted by Gasteiger charge is -2.37. The second kappa shape index (κ2) is 17.4. The molecule has 0 heterocycles. The molecular formula is C39H65NO3. The van der Waals surface area contributed by atoms with E-state index in [0.29, 0.717) is 24.7 Å². The first-order chi connectivity index (χ1) is 20.3. The van der Waals surface area contributed by atoms with E-state index in [4.69, 9.17) is 15.2 Å². The zero-order valence-electron chi connectivity index (χ0n) is 29.3. The minimum atomic E-state index is -1.50. The van der Waals surface area contributed by atoms with Crippen LogP contribution >= 0.6 is 0 Å². The van der Waals surface area contributed by atoms with E-state index in [2.05, 4.69) is 79.7 Å². The number of unbranched alkanes of at least 4 members (excludes halogenated alkanes) is 10. The van der Waals surface area contributed by atoms with Crippen LogP contribution in [0.1, 0.15) is 162 Å². The highest BCUT2D eigenvalue weighted by Gasteiger charge is 2.42. The summed E-state index contributed by atoms with van der Waals surface area (Å²) in [7, 11) is 0. The van der Waals surface area contributed by atoms with E-state index >= 15 is 0 Å². The van der Waals surface area contributed by atoms with Gasteiger partial charge in [0.1, 0.15) is 17.1 Å². The molecule has 4 nitrogen and oxygen atoms in total. The smallest absolute Gasteiger partial charge is 0.136 e. The van der Waals surface area contributed by atoms with Crippen molar-refractivity contribution in [2.75, 3.05) is 13.2 Å². The Kier molecular flexibility index (Phi) is 15.1. The maximum Gasteiger partial charge on any atom is 0.136 e. The van der Waals surface area contributed by atoms with Crippen molar-refractivity contribution in [3.8, 4) is 11.5 Å². The van der Waals surface area contributed by atoms with Crippen molar-refractivity contribution in [1.29, 1.82) is 0 Å². The molecule has 0 radical (unpaired) electrons. The first kappa shape index (κ1) is 37.1. The number of rotatable bonds is 19. The molecular weight excluding hydrogens is 530 g/mol. The quantitative estimate of drug-likeness (QED) is 0.159. The summed E-state index contributed by atoms with van der Waals surface area (Å²) in [6, 6.07) is 11.9. The predicted octanol–water partition coefficient (Wildman–Crippen LogP) is 10.3. The first-order valence-electron chi connectivity index (χ1n) is 17.3. The van der Waals surface area contributed by atoms with Gasteiger partial charge in [-0.05, 0) is 66.0 Å². The van der Waals surface area contributed by atoms with Crippen LogP contribution in [0.5, 0.6) is 11.5 Å². The van der Waals surface area contributed by atoms with Crippen LogP contribution in [-0.4, -0.2) is 24.4 Å². The molecule has 2 aromatic rings. The standard InChI is InChI=1S/C39H65NO3/c1-10-12-14-16-18-20-26-42-35-24-22-31(37(4,5)6)28-33(35)39(41,30(3)40)34-29-32(38(7,8)9)23-25-36(34)43-27-21-19-17-15-13-11-2/h22-25,28-30,41H,10-21,26-27,40H2,1-9H3/t30-/m0/s1. The van der Waals surface area contributed by atoms with Gasteiger partial charge in [0.25, 0.3) is 0 Å². The van der Waals surface area contributed by atoms with Crippen LogP contribution in [-0.2, 0) is 16.4 Å². The van der Waals surface area contributed by atoms with Gasteiger partial charge in [0.05, 0.1) is 13.2 Å². The van der Waals surface area contributed by atoms with E-state index in [-0.39, 0.29) is 10.8 Å². The second-order valence-electron chi connectivity index (χ2n) is 14.7. The first-order valence-corrected chi connectivity index (χ1v) is 17.3. The maximum absolute atomic E-state index is 12.9. The highest BCUT2D eigenvalue weighted by Crippen LogP contribution is 2.45. The Morgan fingerprint density at radius 3 is 1.28 bits per heavy atom. The van der Waals surface area contributed by atoms with Gasteiger partial charge in [-0.2, -0.15) is 0 Å². The molecule has 0 saturated heterocycles. The summed E-state index contributed by atoms with van der Waals surface area (Å²) < 4.78 is 12.9. The zero-order valence-corrected chi connectivity index (χ0v) is 29.3. The fourth-order valence-corrected chi connectivity index (χ4v) is 5.61. The van der Waals surface area contributed by atoms with Crippen LogP contribution in [0.3, 0.4) is 0 Å². The average Bonchev–Trinajstić information content (AvgIpc) is 2.94. The van der Waals surface area contributed by atoms with Crippen LogP contribution in [0.4, 0.5) is 0 Å². The monoisotopic (exact) mass is 595 g/mol. The minimum absolute atomic E-state index is 0.102. The van der Waals surface area contributed by atoms with Crippen molar-refractivity contribution >= 4 is 0 Å². The Bertz CT molecular complexity index is 997. The van der Waals surface area contributed by atoms with E-state index < -0.39 is 11.6 Å². The molecule has 0 bridgehead atoms. The summed E-state index contributed by atoms with van der Waals surface area (Å²) in [6.45, 7) is 20.8. The second-order valence-corrected chi connectivity index (χ2v) is 14.7. The normalized spacial score (nSPS) is 13.3. The average molecular weight is 596 g/mol. The van der Waals surface area contributed by atoms with Crippen LogP contribution in [0.25, 0.3) is 0 Å². The number of aliphatic hydroxyl groups is 1. The Morgan fingerprint density at radius 1 is 0.605 bits per heavy atom. The highest BCUT2D eigenvalue weighted by atomic mass is 16.5. The molecule has 0 unspecified atom stereocenters. The molecule has 0 amide bonds. The fourth-order valence-electron chi connectivity index (χ4n) is 5.61. The van der Waals surface area contributed by atoms with Gasteiger partial charge in [-0.25, -0.2) is 0 Å². The highest BCUT2D eigenvalue weighted by molar-refractivity contribution is 5.54. The summed E-state index contributed by atoms with van der Waals surface area (Å²) >= 11 is 0. The molecule has 43 heavy (non-hydrogen) atoms. The summed E-state index contributed by atoms with van der Waals surface area (Å²) in [5.74, 6) is 1.40. The summed E-state index contributed by atoms with van der Waals surface area (Å²) in [5, 5.41) is 12.9. The molecule has 3 N–H and O–H groups in total. The number of nitrogens with two attached hydrogens (primary N) is 1. The molecule has 2 rings (SSSR count). The minimum Gasteiger partial charge on any atom is -0.493 e. The molecule has 0 aliphatic heterocycles. The Balaban J connectivity index is 2.53. The van der Waals surface area contributed by atoms with Crippen molar-refractivity contribution in [1.82, 2.24) is 0 Å². The van der Waals surface area contributed by atoms with Crippen LogP contribution in [0, 0.1) is 0 Å². The largest absolute Gasteiger partial charge is 0.493 e.